The first kappa shape index (κ1) is 20.6. The predicted octanol–water partition coefficient (Wildman–Crippen LogP) is 2.99. The molecule has 0 atom stereocenters. The Labute approximate surface area is 167 Å². The molecular formula is C22H28N2O3S. The van der Waals surface area contributed by atoms with E-state index in [1.54, 1.807) is 6.92 Å². The molecule has 0 spiro atoms. The van der Waals surface area contributed by atoms with Crippen molar-refractivity contribution in [3.8, 4) is 0 Å². The Morgan fingerprint density at radius 3 is 2.25 bits per heavy atom. The second-order valence-electron chi connectivity index (χ2n) is 7.36. The average Bonchev–Trinajstić information content (AvgIpc) is 2.73. The third-order valence-electron chi connectivity index (χ3n) is 5.80. The quantitative estimate of drug-likeness (QED) is 0.811. The summed E-state index contributed by atoms with van der Waals surface area (Å²) in [6.07, 6.45) is 0.964. The molecule has 150 valence electrons. The molecule has 6 heteroatoms. The predicted molar refractivity (Wildman–Crippen MR) is 111 cm³/mol. The highest BCUT2D eigenvalue weighted by Crippen LogP contribution is 2.36. The molecule has 0 unspecified atom stereocenters. The van der Waals surface area contributed by atoms with E-state index in [-0.39, 0.29) is 11.7 Å². The molecule has 0 bridgehead atoms. The van der Waals surface area contributed by atoms with Crippen molar-refractivity contribution in [1.82, 2.24) is 9.62 Å². The number of sulfonamides is 1. The van der Waals surface area contributed by atoms with Gasteiger partial charge in [0.05, 0.1) is 11.2 Å². The number of carbonyl (C=O) groups is 1. The van der Waals surface area contributed by atoms with Gasteiger partial charge in [0.15, 0.2) is 0 Å². The number of nitrogens with one attached hydrogen (secondary N) is 1. The minimum absolute atomic E-state index is 0.0319. The van der Waals surface area contributed by atoms with Crippen LogP contribution in [0.3, 0.4) is 0 Å². The number of carbonyl (C=O) groups excluding carboxylic acids is 1. The summed E-state index contributed by atoms with van der Waals surface area (Å²) in [5.74, 6) is 0.0562. The van der Waals surface area contributed by atoms with E-state index in [4.69, 9.17) is 0 Å². The zero-order chi connectivity index (χ0) is 20.2. The van der Waals surface area contributed by atoms with E-state index in [1.165, 1.54) is 4.31 Å². The van der Waals surface area contributed by atoms with Crippen LogP contribution in [0.2, 0.25) is 0 Å². The summed E-state index contributed by atoms with van der Waals surface area (Å²) in [5.41, 5.74) is 2.47. The number of nitrogens with zero attached hydrogens (tertiary/aromatic N) is 1. The number of benzene rings is 2. The molecule has 1 saturated heterocycles. The molecule has 2 aromatic rings. The number of piperidine rings is 1. The molecule has 1 N–H and O–H groups in total. The standard InChI is InChI=1S/C22H28N2O3S/c1-3-28(26,27)24-15-13-22(14-16-24,20-11-5-4-6-12-20)21(25)23-17-19-10-8-7-9-18(19)2/h4-12H,3,13-17H2,1-2H3,(H,23,25). The summed E-state index contributed by atoms with van der Waals surface area (Å²) in [6, 6.07) is 17.7. The van der Waals surface area contributed by atoms with Gasteiger partial charge >= 0.3 is 0 Å². The van der Waals surface area contributed by atoms with Crippen LogP contribution in [0.4, 0.5) is 0 Å². The highest BCUT2D eigenvalue weighted by atomic mass is 32.2. The van der Waals surface area contributed by atoms with Crippen LogP contribution in [0.5, 0.6) is 0 Å². The van der Waals surface area contributed by atoms with Gasteiger partial charge in [0.25, 0.3) is 0 Å². The lowest BCUT2D eigenvalue weighted by Gasteiger charge is -2.40. The first-order valence-electron chi connectivity index (χ1n) is 9.75. The Bertz CT molecular complexity index is 918. The smallest absolute Gasteiger partial charge is 0.231 e. The van der Waals surface area contributed by atoms with E-state index >= 15 is 0 Å². The van der Waals surface area contributed by atoms with E-state index in [2.05, 4.69) is 5.32 Å². The average molecular weight is 401 g/mol. The van der Waals surface area contributed by atoms with Gasteiger partial charge in [-0.1, -0.05) is 54.6 Å². The van der Waals surface area contributed by atoms with Crippen molar-refractivity contribution in [2.45, 2.75) is 38.6 Å². The molecule has 1 aliphatic heterocycles. The lowest BCUT2D eigenvalue weighted by molar-refractivity contribution is -0.128. The normalized spacial score (nSPS) is 17.2. The summed E-state index contributed by atoms with van der Waals surface area (Å²) >= 11 is 0. The highest BCUT2D eigenvalue weighted by Gasteiger charge is 2.44. The maximum atomic E-state index is 13.4. The van der Waals surface area contributed by atoms with Crippen molar-refractivity contribution in [2.24, 2.45) is 0 Å². The lowest BCUT2D eigenvalue weighted by Crippen LogP contribution is -2.52. The second-order valence-corrected chi connectivity index (χ2v) is 9.61. The van der Waals surface area contributed by atoms with Crippen molar-refractivity contribution >= 4 is 15.9 Å². The van der Waals surface area contributed by atoms with Crippen LogP contribution in [-0.2, 0) is 26.8 Å². The number of hydrogen-bond acceptors (Lipinski definition) is 3. The number of aryl methyl sites for hydroxylation is 1. The van der Waals surface area contributed by atoms with E-state index in [9.17, 15) is 13.2 Å². The minimum Gasteiger partial charge on any atom is -0.351 e. The van der Waals surface area contributed by atoms with E-state index in [1.807, 2.05) is 61.5 Å². The lowest BCUT2D eigenvalue weighted by atomic mass is 9.72. The molecule has 2 aromatic carbocycles. The van der Waals surface area contributed by atoms with Crippen molar-refractivity contribution in [3.63, 3.8) is 0 Å². The fraction of sp³-hybridized carbons (Fsp3) is 0.409. The Balaban J connectivity index is 1.82. The van der Waals surface area contributed by atoms with Gasteiger partial charge in [-0.2, -0.15) is 0 Å². The van der Waals surface area contributed by atoms with Gasteiger partial charge in [-0.05, 0) is 43.4 Å². The van der Waals surface area contributed by atoms with Crippen molar-refractivity contribution in [1.29, 1.82) is 0 Å². The Morgan fingerprint density at radius 2 is 1.64 bits per heavy atom. The SMILES string of the molecule is CCS(=O)(=O)N1CCC(C(=O)NCc2ccccc2C)(c2ccccc2)CC1. The Morgan fingerprint density at radius 1 is 1.04 bits per heavy atom. The largest absolute Gasteiger partial charge is 0.351 e. The van der Waals surface area contributed by atoms with Gasteiger partial charge in [-0.3, -0.25) is 4.79 Å². The molecule has 1 aliphatic rings. The highest BCUT2D eigenvalue weighted by molar-refractivity contribution is 7.89. The zero-order valence-electron chi connectivity index (χ0n) is 16.5. The molecule has 3 rings (SSSR count). The molecule has 28 heavy (non-hydrogen) atoms. The molecule has 0 aliphatic carbocycles. The number of amides is 1. The third-order valence-corrected chi connectivity index (χ3v) is 7.68. The first-order valence-corrected chi connectivity index (χ1v) is 11.4. The van der Waals surface area contributed by atoms with Crippen LogP contribution in [0, 0.1) is 6.92 Å². The van der Waals surface area contributed by atoms with Crippen LogP contribution < -0.4 is 5.32 Å². The molecule has 1 fully saturated rings. The van der Waals surface area contributed by atoms with Gasteiger partial charge in [0.1, 0.15) is 0 Å². The maximum Gasteiger partial charge on any atom is 0.231 e. The number of hydrogen-bond donors (Lipinski definition) is 1. The topological polar surface area (TPSA) is 66.5 Å². The van der Waals surface area contributed by atoms with Gasteiger partial charge in [-0.25, -0.2) is 12.7 Å². The van der Waals surface area contributed by atoms with Gasteiger partial charge in [0, 0.05) is 19.6 Å². The minimum atomic E-state index is -3.24. The molecule has 1 amide bonds. The maximum absolute atomic E-state index is 13.4. The number of rotatable bonds is 6. The van der Waals surface area contributed by atoms with Crippen LogP contribution >= 0.6 is 0 Å². The fourth-order valence-corrected chi connectivity index (χ4v) is 4.99. The van der Waals surface area contributed by atoms with Crippen molar-refractivity contribution in [2.75, 3.05) is 18.8 Å². The van der Waals surface area contributed by atoms with E-state index in [0.717, 1.165) is 16.7 Å². The zero-order valence-corrected chi connectivity index (χ0v) is 17.3. The molecule has 0 radical (unpaired) electrons. The van der Waals surface area contributed by atoms with Crippen LogP contribution in [0.25, 0.3) is 0 Å². The van der Waals surface area contributed by atoms with E-state index in [0.29, 0.717) is 32.5 Å². The van der Waals surface area contributed by atoms with E-state index < -0.39 is 15.4 Å². The molecule has 0 saturated carbocycles. The molecular weight excluding hydrogens is 372 g/mol. The molecule has 5 nitrogen and oxygen atoms in total. The summed E-state index contributed by atoms with van der Waals surface area (Å²) in [4.78, 5) is 13.4. The van der Waals surface area contributed by atoms with Crippen LogP contribution in [0.1, 0.15) is 36.5 Å². The Kier molecular flexibility index (Phi) is 6.20. The summed E-state index contributed by atoms with van der Waals surface area (Å²) in [7, 11) is -3.24. The Hall–Kier alpha value is -2.18. The van der Waals surface area contributed by atoms with Gasteiger partial charge in [-0.15, -0.1) is 0 Å². The first-order chi connectivity index (χ1) is 13.4. The monoisotopic (exact) mass is 400 g/mol. The second kappa shape index (κ2) is 8.45. The third kappa shape index (κ3) is 4.13. The van der Waals surface area contributed by atoms with Gasteiger partial charge in [0.2, 0.25) is 15.9 Å². The molecule has 0 aromatic heterocycles. The van der Waals surface area contributed by atoms with Crippen molar-refractivity contribution < 1.29 is 13.2 Å². The van der Waals surface area contributed by atoms with Crippen LogP contribution in [0.15, 0.2) is 54.6 Å². The van der Waals surface area contributed by atoms with Gasteiger partial charge < -0.3 is 5.32 Å². The molecule has 1 heterocycles. The summed E-state index contributed by atoms with van der Waals surface area (Å²) < 4.78 is 26.0. The van der Waals surface area contributed by atoms with Crippen molar-refractivity contribution in [3.05, 3.63) is 71.3 Å². The fourth-order valence-electron chi connectivity index (χ4n) is 3.89. The summed E-state index contributed by atoms with van der Waals surface area (Å²) in [6.45, 7) is 4.88. The summed E-state index contributed by atoms with van der Waals surface area (Å²) in [5, 5.41) is 3.11. The van der Waals surface area contributed by atoms with Crippen LogP contribution in [-0.4, -0.2) is 37.5 Å².